The molecule has 0 spiro atoms. The number of pyridine rings is 1. The van der Waals surface area contributed by atoms with Gasteiger partial charge in [0.25, 0.3) is 5.91 Å². The zero-order valence-electron chi connectivity index (χ0n) is 17.6. The quantitative estimate of drug-likeness (QED) is 0.614. The molecule has 3 aliphatic rings. The Labute approximate surface area is 185 Å². The highest BCUT2D eigenvalue weighted by atomic mass is 79.9. The molecule has 1 atom stereocenters. The molecular weight excluding hydrogens is 446 g/mol. The third-order valence-corrected chi connectivity index (χ3v) is 7.13. The summed E-state index contributed by atoms with van der Waals surface area (Å²) in [5.41, 5.74) is 5.53. The summed E-state index contributed by atoms with van der Waals surface area (Å²) < 4.78 is 14.7. The molecule has 0 bridgehead atoms. The number of rotatable bonds is 4. The number of carbonyl (C=O) groups excluding carboxylic acids is 1. The normalized spacial score (nSPS) is 22.8. The number of fused-ring (bicyclic) bond motifs is 3. The molecule has 1 amide bonds. The molecule has 1 aliphatic carbocycles. The van der Waals surface area contributed by atoms with Gasteiger partial charge in [-0.2, -0.15) is 0 Å². The van der Waals surface area contributed by atoms with Gasteiger partial charge in [-0.15, -0.1) is 0 Å². The first-order chi connectivity index (χ1) is 14.4. The first-order valence-electron chi connectivity index (χ1n) is 10.8. The molecule has 1 unspecified atom stereocenters. The van der Waals surface area contributed by atoms with E-state index in [2.05, 4.69) is 45.4 Å². The molecule has 5 rings (SSSR count). The highest BCUT2D eigenvalue weighted by Crippen LogP contribution is 2.40. The summed E-state index contributed by atoms with van der Waals surface area (Å²) in [6, 6.07) is 4.03. The van der Waals surface area contributed by atoms with Crippen LogP contribution >= 0.6 is 15.9 Å². The van der Waals surface area contributed by atoms with Crippen molar-refractivity contribution in [2.24, 2.45) is 5.41 Å². The van der Waals surface area contributed by atoms with Gasteiger partial charge in [-0.3, -0.25) is 4.79 Å². The zero-order chi connectivity index (χ0) is 20.9. The molecule has 160 valence electrons. The van der Waals surface area contributed by atoms with Crippen molar-refractivity contribution in [2.45, 2.75) is 65.4 Å². The third-order valence-electron chi connectivity index (χ3n) is 6.45. The number of ether oxygens (including phenoxy) is 2. The van der Waals surface area contributed by atoms with Crippen molar-refractivity contribution < 1.29 is 14.3 Å². The van der Waals surface area contributed by atoms with E-state index in [9.17, 15) is 4.79 Å². The molecule has 2 aromatic rings. The zero-order valence-corrected chi connectivity index (χ0v) is 19.2. The fourth-order valence-corrected chi connectivity index (χ4v) is 5.44. The average molecular weight is 474 g/mol. The molecule has 0 aromatic carbocycles. The van der Waals surface area contributed by atoms with Crippen LogP contribution in [0.2, 0.25) is 0 Å². The van der Waals surface area contributed by atoms with Crippen molar-refractivity contribution in [1.82, 2.24) is 9.55 Å². The number of hydrogen-bond donors (Lipinski definition) is 0. The van der Waals surface area contributed by atoms with Gasteiger partial charge in [0.1, 0.15) is 10.3 Å². The Balaban J connectivity index is 1.40. The van der Waals surface area contributed by atoms with E-state index < -0.39 is 0 Å². The van der Waals surface area contributed by atoms with Gasteiger partial charge in [-0.05, 0) is 71.1 Å². The van der Waals surface area contributed by atoms with Crippen LogP contribution in [0.15, 0.2) is 22.9 Å². The van der Waals surface area contributed by atoms with E-state index in [-0.39, 0.29) is 17.6 Å². The monoisotopic (exact) mass is 473 g/mol. The predicted octanol–water partition coefficient (Wildman–Crippen LogP) is 4.47. The smallest absolute Gasteiger partial charge is 0.274 e. The molecule has 0 saturated carbocycles. The van der Waals surface area contributed by atoms with Gasteiger partial charge in [0, 0.05) is 37.2 Å². The molecule has 2 aliphatic heterocycles. The average Bonchev–Trinajstić information content (AvgIpc) is 3.20. The van der Waals surface area contributed by atoms with Gasteiger partial charge in [-0.25, -0.2) is 4.98 Å². The second-order valence-corrected chi connectivity index (χ2v) is 10.1. The van der Waals surface area contributed by atoms with Crippen molar-refractivity contribution in [3.63, 3.8) is 0 Å². The van der Waals surface area contributed by atoms with Gasteiger partial charge in [0.2, 0.25) is 0 Å². The molecule has 1 fully saturated rings. The Bertz CT molecular complexity index is 978. The lowest BCUT2D eigenvalue weighted by atomic mass is 9.90. The first-order valence-corrected chi connectivity index (χ1v) is 11.6. The molecule has 0 N–H and O–H groups in total. The lowest BCUT2D eigenvalue weighted by Gasteiger charge is -2.32. The van der Waals surface area contributed by atoms with Gasteiger partial charge in [0.05, 0.1) is 12.3 Å². The molecular formula is C23H28BrN3O3. The summed E-state index contributed by atoms with van der Waals surface area (Å²) in [4.78, 5) is 19.7. The Hall–Kier alpha value is -1.70. The number of carbonyl (C=O) groups is 1. The summed E-state index contributed by atoms with van der Waals surface area (Å²) in [5.74, 6) is 0.0572. The SMILES string of the molecule is CC1(C)Cc2cc3n(c2C1)CCN(c1ccnc(Br)c1COC1CCCCO1)C3=O. The van der Waals surface area contributed by atoms with E-state index in [1.807, 2.05) is 11.0 Å². The van der Waals surface area contributed by atoms with Gasteiger partial charge >= 0.3 is 0 Å². The minimum absolute atomic E-state index is 0.0572. The molecule has 30 heavy (non-hydrogen) atoms. The van der Waals surface area contributed by atoms with Crippen LogP contribution in [0.4, 0.5) is 5.69 Å². The van der Waals surface area contributed by atoms with Crippen LogP contribution in [0.5, 0.6) is 0 Å². The highest BCUT2D eigenvalue weighted by molar-refractivity contribution is 9.10. The van der Waals surface area contributed by atoms with E-state index in [0.29, 0.717) is 17.8 Å². The van der Waals surface area contributed by atoms with Gasteiger partial charge in [-0.1, -0.05) is 13.8 Å². The molecule has 6 nitrogen and oxygen atoms in total. The molecule has 4 heterocycles. The minimum atomic E-state index is -0.181. The maximum Gasteiger partial charge on any atom is 0.274 e. The number of nitrogens with zero attached hydrogens (tertiary/aromatic N) is 3. The van der Waals surface area contributed by atoms with Crippen LogP contribution in [-0.2, 0) is 35.5 Å². The van der Waals surface area contributed by atoms with Crippen LogP contribution in [0.1, 0.15) is 60.4 Å². The second kappa shape index (κ2) is 7.77. The summed E-state index contributed by atoms with van der Waals surface area (Å²) in [7, 11) is 0. The van der Waals surface area contributed by atoms with Crippen molar-refractivity contribution in [3.05, 3.63) is 45.4 Å². The number of anilines is 1. The highest BCUT2D eigenvalue weighted by Gasteiger charge is 2.37. The largest absolute Gasteiger partial charge is 0.353 e. The van der Waals surface area contributed by atoms with Crippen molar-refractivity contribution in [3.8, 4) is 0 Å². The summed E-state index contributed by atoms with van der Waals surface area (Å²) in [6.07, 6.45) is 6.75. The van der Waals surface area contributed by atoms with Crippen molar-refractivity contribution in [2.75, 3.05) is 18.1 Å². The Morgan fingerprint density at radius 2 is 2.17 bits per heavy atom. The van der Waals surface area contributed by atoms with Crippen LogP contribution < -0.4 is 4.90 Å². The van der Waals surface area contributed by atoms with Gasteiger partial charge in [0.15, 0.2) is 6.29 Å². The number of hydrogen-bond acceptors (Lipinski definition) is 4. The van der Waals surface area contributed by atoms with E-state index in [1.165, 1.54) is 11.3 Å². The Kier molecular flexibility index (Phi) is 5.24. The molecule has 0 radical (unpaired) electrons. The van der Waals surface area contributed by atoms with Crippen LogP contribution in [0.25, 0.3) is 0 Å². The molecule has 7 heteroatoms. The molecule has 1 saturated heterocycles. The van der Waals surface area contributed by atoms with Crippen LogP contribution in [-0.4, -0.2) is 34.9 Å². The lowest BCUT2D eigenvalue weighted by Crippen LogP contribution is -2.41. The van der Waals surface area contributed by atoms with E-state index in [4.69, 9.17) is 9.47 Å². The second-order valence-electron chi connectivity index (χ2n) is 9.33. The van der Waals surface area contributed by atoms with Crippen LogP contribution in [0, 0.1) is 5.41 Å². The fourth-order valence-electron chi connectivity index (χ4n) is 5.00. The Morgan fingerprint density at radius 3 is 2.97 bits per heavy atom. The fraction of sp³-hybridized carbons (Fsp3) is 0.565. The number of halogens is 1. The third kappa shape index (κ3) is 3.61. The van der Waals surface area contributed by atoms with Crippen LogP contribution in [0.3, 0.4) is 0 Å². The minimum Gasteiger partial charge on any atom is -0.353 e. The summed E-state index contributed by atoms with van der Waals surface area (Å²) in [6.45, 7) is 7.18. The van der Waals surface area contributed by atoms with Crippen molar-refractivity contribution in [1.29, 1.82) is 0 Å². The van der Waals surface area contributed by atoms with Gasteiger partial charge < -0.3 is 18.9 Å². The molecule has 2 aromatic heterocycles. The van der Waals surface area contributed by atoms with E-state index >= 15 is 0 Å². The number of amides is 1. The number of aromatic nitrogens is 2. The first kappa shape index (κ1) is 20.2. The maximum absolute atomic E-state index is 13.5. The van der Waals surface area contributed by atoms with E-state index in [1.54, 1.807) is 6.20 Å². The topological polar surface area (TPSA) is 56.6 Å². The Morgan fingerprint density at radius 1 is 1.30 bits per heavy atom. The van der Waals surface area contributed by atoms with Crippen molar-refractivity contribution >= 4 is 27.5 Å². The maximum atomic E-state index is 13.5. The standard InChI is InChI=1S/C23H28BrN3O3/c1-23(2)12-15-11-18-22(28)27(9-8-26(18)19(15)13-23)17-6-7-25-21(24)16(17)14-30-20-5-3-4-10-29-20/h6-7,11,20H,3-5,8-10,12-14H2,1-2H3. The summed E-state index contributed by atoms with van der Waals surface area (Å²) in [5, 5.41) is 0. The van der Waals surface area contributed by atoms with E-state index in [0.717, 1.165) is 62.2 Å². The predicted molar refractivity (Wildman–Crippen MR) is 118 cm³/mol. The summed E-state index contributed by atoms with van der Waals surface area (Å²) >= 11 is 3.56. The lowest BCUT2D eigenvalue weighted by molar-refractivity contribution is -0.168.